The topological polar surface area (TPSA) is 50.7 Å². The molecule has 0 aliphatic carbocycles. The van der Waals surface area contributed by atoms with Crippen LogP contribution in [0.5, 0.6) is 0 Å². The van der Waals surface area contributed by atoms with Crippen LogP contribution in [0.25, 0.3) is 0 Å². The minimum atomic E-state index is 0.534. The molecule has 1 N–H and O–H groups in total. The van der Waals surface area contributed by atoms with Gasteiger partial charge in [-0.05, 0) is 12.1 Å². The van der Waals surface area contributed by atoms with Gasteiger partial charge in [0.1, 0.15) is 6.21 Å². The molecular weight excluding hydrogens is 156 g/mol. The molecule has 0 saturated carbocycles. The molecule has 0 unspecified atom stereocenters. The summed E-state index contributed by atoms with van der Waals surface area (Å²) in [5.41, 5.74) is 3.30. The molecule has 0 fully saturated rings. The first kappa shape index (κ1) is 8.26. The maximum atomic E-state index is 9.76. The predicted molar refractivity (Wildman–Crippen MR) is 45.7 cm³/mol. The highest BCUT2D eigenvalue weighted by molar-refractivity contribution is 6.12. The van der Waals surface area contributed by atoms with E-state index in [9.17, 15) is 4.79 Å². The lowest BCUT2D eigenvalue weighted by molar-refractivity contribution is -0.102. The van der Waals surface area contributed by atoms with Gasteiger partial charge in [0.05, 0.1) is 5.69 Å². The average Bonchev–Trinajstić information content (AvgIpc) is 2.14. The second-order valence-corrected chi connectivity index (χ2v) is 1.95. The fraction of sp³-hybridized carbons (Fsp3) is 0. The van der Waals surface area contributed by atoms with E-state index in [-0.39, 0.29) is 0 Å². The molecule has 4 heteroatoms. The van der Waals surface area contributed by atoms with Crippen molar-refractivity contribution in [3.63, 3.8) is 0 Å². The quantitative estimate of drug-likeness (QED) is 0.413. The van der Waals surface area contributed by atoms with E-state index in [1.54, 1.807) is 0 Å². The largest absolute Gasteiger partial charge is 0.297 e. The van der Waals surface area contributed by atoms with Gasteiger partial charge < -0.3 is 0 Å². The summed E-state index contributed by atoms with van der Waals surface area (Å²) in [7, 11) is 0. The van der Waals surface area contributed by atoms with Gasteiger partial charge in [-0.1, -0.05) is 23.4 Å². The molecule has 0 bridgehead atoms. The summed E-state index contributed by atoms with van der Waals surface area (Å²) in [6.45, 7) is 0. The Bertz CT molecular complexity index is 259. The summed E-state index contributed by atoms with van der Waals surface area (Å²) in [4.78, 5) is 14.3. The molecule has 4 nitrogen and oxygen atoms in total. The van der Waals surface area contributed by atoms with Gasteiger partial charge in [-0.3, -0.25) is 9.73 Å². The summed E-state index contributed by atoms with van der Waals surface area (Å²) in [6.07, 6.45) is 1.54. The fourth-order valence-corrected chi connectivity index (χ4v) is 0.641. The van der Waals surface area contributed by atoms with Crippen LogP contribution in [0.1, 0.15) is 0 Å². The van der Waals surface area contributed by atoms with Crippen molar-refractivity contribution >= 4 is 18.2 Å². The summed E-state index contributed by atoms with van der Waals surface area (Å²) in [6, 6.07) is 9.23. The molecule has 0 aliphatic rings. The Balaban J connectivity index is 2.33. The molecule has 12 heavy (non-hydrogen) atoms. The molecule has 1 aromatic carbocycles. The maximum absolute atomic E-state index is 9.76. The second-order valence-electron chi connectivity index (χ2n) is 1.95. The zero-order valence-corrected chi connectivity index (χ0v) is 6.31. The van der Waals surface area contributed by atoms with Crippen molar-refractivity contribution in [2.24, 2.45) is 5.16 Å². The Morgan fingerprint density at radius 2 is 2.08 bits per heavy atom. The second kappa shape index (κ2) is 4.90. The predicted octanol–water partition coefficient (Wildman–Crippen LogP) is 1.21. The number of aldehydes is 1. The number of anilines is 1. The van der Waals surface area contributed by atoms with Gasteiger partial charge >= 0.3 is 0 Å². The first-order valence-corrected chi connectivity index (χ1v) is 3.37. The van der Waals surface area contributed by atoms with E-state index >= 15 is 0 Å². The van der Waals surface area contributed by atoms with Crippen LogP contribution in [0.3, 0.4) is 0 Å². The molecule has 0 spiro atoms. The highest BCUT2D eigenvalue weighted by Crippen LogP contribution is 2.03. The zero-order valence-electron chi connectivity index (χ0n) is 6.31. The SMILES string of the molecule is O=CC=NONc1ccccc1. The third kappa shape index (κ3) is 2.83. The monoisotopic (exact) mass is 164 g/mol. The van der Waals surface area contributed by atoms with Crippen LogP contribution in [0.2, 0.25) is 0 Å². The Morgan fingerprint density at radius 3 is 2.75 bits per heavy atom. The average molecular weight is 164 g/mol. The molecule has 0 heterocycles. The van der Waals surface area contributed by atoms with Gasteiger partial charge in [0.2, 0.25) is 0 Å². The van der Waals surface area contributed by atoms with Crippen molar-refractivity contribution in [1.29, 1.82) is 0 Å². The lowest BCUT2D eigenvalue weighted by Crippen LogP contribution is -1.94. The van der Waals surface area contributed by atoms with Gasteiger partial charge in [-0.2, -0.15) is 5.48 Å². The lowest BCUT2D eigenvalue weighted by Gasteiger charge is -1.99. The summed E-state index contributed by atoms with van der Waals surface area (Å²) in [5.74, 6) is 0. The lowest BCUT2D eigenvalue weighted by atomic mass is 10.3. The van der Waals surface area contributed by atoms with Crippen molar-refractivity contribution in [3.8, 4) is 0 Å². The van der Waals surface area contributed by atoms with E-state index in [1.807, 2.05) is 30.3 Å². The maximum Gasteiger partial charge on any atom is 0.164 e. The molecule has 0 aliphatic heterocycles. The van der Waals surface area contributed by atoms with E-state index in [0.717, 1.165) is 11.9 Å². The standard InChI is InChI=1S/C8H8N2O2/c11-7-6-9-12-10-8-4-2-1-3-5-8/h1-7,10H. The molecule has 0 radical (unpaired) electrons. The normalized spacial score (nSPS) is 9.67. The number of para-hydroxylation sites is 1. The van der Waals surface area contributed by atoms with Gasteiger partial charge in [0.15, 0.2) is 6.29 Å². The van der Waals surface area contributed by atoms with Crippen molar-refractivity contribution in [3.05, 3.63) is 30.3 Å². The molecular formula is C8H8N2O2. The Morgan fingerprint density at radius 1 is 1.33 bits per heavy atom. The molecule has 1 rings (SSSR count). The number of hydrogen-bond donors (Lipinski definition) is 1. The Kier molecular flexibility index (Phi) is 3.37. The molecule has 0 saturated heterocycles. The highest BCUT2D eigenvalue weighted by atomic mass is 16.8. The smallest absolute Gasteiger partial charge is 0.164 e. The number of benzene rings is 1. The van der Waals surface area contributed by atoms with Gasteiger partial charge in [-0.15, -0.1) is 0 Å². The number of rotatable bonds is 4. The van der Waals surface area contributed by atoms with Crippen LogP contribution in [-0.2, 0) is 9.73 Å². The van der Waals surface area contributed by atoms with Crippen LogP contribution in [0, 0.1) is 0 Å². The molecule has 0 atom stereocenters. The molecule has 0 aromatic heterocycles. The zero-order chi connectivity index (χ0) is 8.65. The number of nitrogens with zero attached hydrogens (tertiary/aromatic N) is 1. The van der Waals surface area contributed by atoms with E-state index in [0.29, 0.717) is 6.29 Å². The highest BCUT2D eigenvalue weighted by Gasteiger charge is 1.85. The summed E-state index contributed by atoms with van der Waals surface area (Å²) < 4.78 is 0. The van der Waals surface area contributed by atoms with E-state index in [1.165, 1.54) is 0 Å². The molecule has 62 valence electrons. The number of carbonyl (C=O) groups excluding carboxylic acids is 1. The fourth-order valence-electron chi connectivity index (χ4n) is 0.641. The van der Waals surface area contributed by atoms with E-state index in [2.05, 4.69) is 15.6 Å². The van der Waals surface area contributed by atoms with Gasteiger partial charge in [0.25, 0.3) is 0 Å². The van der Waals surface area contributed by atoms with Crippen LogP contribution in [0.15, 0.2) is 35.5 Å². The number of carbonyl (C=O) groups is 1. The van der Waals surface area contributed by atoms with Crippen LogP contribution in [0.4, 0.5) is 5.69 Å². The van der Waals surface area contributed by atoms with E-state index < -0.39 is 0 Å². The Hall–Kier alpha value is -1.84. The molecule has 0 amide bonds. The van der Waals surface area contributed by atoms with Crippen molar-refractivity contribution in [1.82, 2.24) is 0 Å². The van der Waals surface area contributed by atoms with Crippen molar-refractivity contribution in [2.75, 3.05) is 5.48 Å². The minimum Gasteiger partial charge on any atom is -0.297 e. The first-order valence-electron chi connectivity index (χ1n) is 3.37. The number of nitrogens with one attached hydrogen (secondary N) is 1. The summed E-state index contributed by atoms with van der Waals surface area (Å²) >= 11 is 0. The number of hydrogen-bond acceptors (Lipinski definition) is 4. The van der Waals surface area contributed by atoms with Crippen LogP contribution >= 0.6 is 0 Å². The van der Waals surface area contributed by atoms with Gasteiger partial charge in [0, 0.05) is 0 Å². The first-order chi connectivity index (χ1) is 5.93. The molecule has 1 aromatic rings. The van der Waals surface area contributed by atoms with Crippen molar-refractivity contribution in [2.45, 2.75) is 0 Å². The third-order valence-corrected chi connectivity index (χ3v) is 1.11. The number of oxime groups is 1. The minimum absolute atomic E-state index is 0.534. The Labute approximate surface area is 69.8 Å². The van der Waals surface area contributed by atoms with Crippen LogP contribution < -0.4 is 5.48 Å². The summed E-state index contributed by atoms with van der Waals surface area (Å²) in [5, 5.41) is 3.28. The van der Waals surface area contributed by atoms with Crippen molar-refractivity contribution < 1.29 is 9.73 Å². The van der Waals surface area contributed by atoms with E-state index in [4.69, 9.17) is 0 Å². The third-order valence-electron chi connectivity index (χ3n) is 1.11. The van der Waals surface area contributed by atoms with Gasteiger partial charge in [-0.25, -0.2) is 0 Å². The van der Waals surface area contributed by atoms with Crippen LogP contribution in [-0.4, -0.2) is 12.5 Å².